The topological polar surface area (TPSA) is 113 Å². The van der Waals surface area contributed by atoms with Crippen LogP contribution < -0.4 is 4.72 Å². The van der Waals surface area contributed by atoms with E-state index in [1.54, 1.807) is 0 Å². The average molecular weight is 303 g/mol. The van der Waals surface area contributed by atoms with Crippen molar-refractivity contribution < 1.29 is 28.2 Å². The molecule has 8 heteroatoms. The Labute approximate surface area is 117 Å². The van der Waals surface area contributed by atoms with Crippen LogP contribution in [-0.4, -0.2) is 44.4 Å². The predicted molar refractivity (Wildman–Crippen MR) is 71.4 cm³/mol. The van der Waals surface area contributed by atoms with Crippen molar-refractivity contribution in [3.8, 4) is 5.75 Å². The van der Waals surface area contributed by atoms with Crippen LogP contribution in [0.4, 0.5) is 0 Å². The number of carboxylic acids is 1. The number of rotatable bonds is 8. The first-order chi connectivity index (χ1) is 9.38. The van der Waals surface area contributed by atoms with Gasteiger partial charge < -0.3 is 14.9 Å². The number of aromatic hydroxyl groups is 1. The Morgan fingerprint density at radius 1 is 1.40 bits per heavy atom. The molecule has 1 rings (SSSR count). The van der Waals surface area contributed by atoms with Crippen LogP contribution in [0.2, 0.25) is 0 Å². The fourth-order valence-electron chi connectivity index (χ4n) is 1.46. The molecule has 0 saturated carbocycles. The van der Waals surface area contributed by atoms with E-state index >= 15 is 0 Å². The van der Waals surface area contributed by atoms with Gasteiger partial charge in [-0.3, -0.25) is 0 Å². The van der Waals surface area contributed by atoms with Gasteiger partial charge in [-0.2, -0.15) is 0 Å². The van der Waals surface area contributed by atoms with E-state index in [1.807, 2.05) is 6.92 Å². The van der Waals surface area contributed by atoms with Gasteiger partial charge >= 0.3 is 5.97 Å². The Morgan fingerprint density at radius 2 is 2.10 bits per heavy atom. The lowest BCUT2D eigenvalue weighted by molar-refractivity contribution is 0.0693. The largest absolute Gasteiger partial charge is 0.507 e. The molecule has 0 spiro atoms. The average Bonchev–Trinajstić information content (AvgIpc) is 2.38. The molecular formula is C12H17NO6S. The monoisotopic (exact) mass is 303 g/mol. The lowest BCUT2D eigenvalue weighted by Crippen LogP contribution is -2.25. The van der Waals surface area contributed by atoms with Gasteiger partial charge in [-0.15, -0.1) is 0 Å². The number of hydrogen-bond acceptors (Lipinski definition) is 5. The summed E-state index contributed by atoms with van der Waals surface area (Å²) in [6, 6.07) is 3.10. The van der Waals surface area contributed by atoms with Gasteiger partial charge in [0.1, 0.15) is 11.3 Å². The van der Waals surface area contributed by atoms with Gasteiger partial charge in [-0.25, -0.2) is 17.9 Å². The third-order valence-corrected chi connectivity index (χ3v) is 3.93. The summed E-state index contributed by atoms with van der Waals surface area (Å²) in [4.78, 5) is 10.6. The minimum atomic E-state index is -3.80. The van der Waals surface area contributed by atoms with Crippen LogP contribution in [0.5, 0.6) is 5.75 Å². The summed E-state index contributed by atoms with van der Waals surface area (Å²) in [7, 11) is -3.80. The highest BCUT2D eigenvalue weighted by molar-refractivity contribution is 7.89. The predicted octanol–water partition coefficient (Wildman–Crippen LogP) is 0.795. The summed E-state index contributed by atoms with van der Waals surface area (Å²) in [5.41, 5.74) is -0.456. The first-order valence-electron chi connectivity index (χ1n) is 6.02. The van der Waals surface area contributed by atoms with Gasteiger partial charge in [-0.05, 0) is 31.5 Å². The second-order valence-corrected chi connectivity index (χ2v) is 5.70. The number of phenols is 1. The fraction of sp³-hybridized carbons (Fsp3) is 0.417. The van der Waals surface area contributed by atoms with E-state index in [-0.39, 0.29) is 11.4 Å². The number of nitrogens with one attached hydrogen (secondary N) is 1. The van der Waals surface area contributed by atoms with Crippen molar-refractivity contribution in [2.24, 2.45) is 0 Å². The van der Waals surface area contributed by atoms with Gasteiger partial charge in [0.2, 0.25) is 10.0 Å². The van der Waals surface area contributed by atoms with Crippen LogP contribution in [0.1, 0.15) is 23.7 Å². The molecule has 0 aromatic heterocycles. The number of hydrogen-bond donors (Lipinski definition) is 3. The molecule has 0 unspecified atom stereocenters. The molecule has 0 amide bonds. The number of carboxylic acid groups (broad SMARTS) is 1. The van der Waals surface area contributed by atoms with E-state index in [0.717, 1.165) is 18.2 Å². The van der Waals surface area contributed by atoms with Crippen LogP contribution >= 0.6 is 0 Å². The van der Waals surface area contributed by atoms with Gasteiger partial charge in [0, 0.05) is 19.8 Å². The summed E-state index contributed by atoms with van der Waals surface area (Å²) in [6.45, 7) is 3.03. The molecule has 0 atom stereocenters. The molecule has 0 heterocycles. The zero-order chi connectivity index (χ0) is 15.2. The van der Waals surface area contributed by atoms with E-state index in [4.69, 9.17) is 9.84 Å². The molecule has 112 valence electrons. The quantitative estimate of drug-likeness (QED) is 0.612. The molecule has 1 aromatic carbocycles. The molecule has 0 aliphatic carbocycles. The van der Waals surface area contributed by atoms with Gasteiger partial charge in [0.05, 0.1) is 4.90 Å². The Morgan fingerprint density at radius 3 is 2.70 bits per heavy atom. The minimum Gasteiger partial charge on any atom is -0.507 e. The highest BCUT2D eigenvalue weighted by Gasteiger charge is 2.18. The summed E-state index contributed by atoms with van der Waals surface area (Å²) < 4.78 is 31.3. The first kappa shape index (κ1) is 16.4. The second-order valence-electron chi connectivity index (χ2n) is 3.93. The lowest BCUT2D eigenvalue weighted by Gasteiger charge is -2.08. The molecule has 0 radical (unpaired) electrons. The van der Waals surface area contributed by atoms with Crippen LogP contribution in [0, 0.1) is 0 Å². The maximum Gasteiger partial charge on any atom is 0.339 e. The van der Waals surface area contributed by atoms with Crippen LogP contribution in [0.15, 0.2) is 23.1 Å². The van der Waals surface area contributed by atoms with Crippen LogP contribution in [0.25, 0.3) is 0 Å². The summed E-state index contributed by atoms with van der Waals surface area (Å²) >= 11 is 0. The van der Waals surface area contributed by atoms with E-state index in [1.165, 1.54) is 0 Å². The summed E-state index contributed by atoms with van der Waals surface area (Å²) in [5.74, 6) is -1.87. The van der Waals surface area contributed by atoms with Gasteiger partial charge in [0.25, 0.3) is 0 Å². The molecule has 0 bridgehead atoms. The zero-order valence-electron chi connectivity index (χ0n) is 11.0. The Kier molecular flexibility index (Phi) is 5.93. The number of aromatic carboxylic acids is 1. The highest BCUT2D eigenvalue weighted by atomic mass is 32.2. The van der Waals surface area contributed by atoms with E-state index in [0.29, 0.717) is 19.6 Å². The Hall–Kier alpha value is -1.64. The molecule has 3 N–H and O–H groups in total. The van der Waals surface area contributed by atoms with E-state index in [9.17, 15) is 18.3 Å². The number of benzene rings is 1. The molecule has 20 heavy (non-hydrogen) atoms. The number of carbonyl (C=O) groups is 1. The number of ether oxygens (including phenoxy) is 1. The van der Waals surface area contributed by atoms with Gasteiger partial charge in [0.15, 0.2) is 0 Å². The minimum absolute atomic E-state index is 0.186. The SMILES string of the molecule is CCOCCCNS(=O)(=O)c1ccc(O)c(C(=O)O)c1. The fourth-order valence-corrected chi connectivity index (χ4v) is 2.56. The van der Waals surface area contributed by atoms with Crippen molar-refractivity contribution in [3.63, 3.8) is 0 Å². The molecule has 0 aliphatic heterocycles. The third kappa shape index (κ3) is 4.48. The van der Waals surface area contributed by atoms with Crippen molar-refractivity contribution >= 4 is 16.0 Å². The summed E-state index contributed by atoms with van der Waals surface area (Å²) in [5, 5.41) is 18.2. The van der Waals surface area contributed by atoms with Crippen molar-refractivity contribution in [3.05, 3.63) is 23.8 Å². The standard InChI is InChI=1S/C12H17NO6S/c1-2-19-7-3-6-13-20(17,18)9-4-5-11(14)10(8-9)12(15)16/h4-5,8,13-14H,2-3,6-7H2,1H3,(H,15,16). The maximum atomic E-state index is 11.9. The molecule has 7 nitrogen and oxygen atoms in total. The van der Waals surface area contributed by atoms with Crippen molar-refractivity contribution in [1.29, 1.82) is 0 Å². The molecular weight excluding hydrogens is 286 g/mol. The third-order valence-electron chi connectivity index (χ3n) is 2.47. The van der Waals surface area contributed by atoms with Crippen molar-refractivity contribution in [2.75, 3.05) is 19.8 Å². The van der Waals surface area contributed by atoms with Crippen molar-refractivity contribution in [1.82, 2.24) is 4.72 Å². The van der Waals surface area contributed by atoms with Crippen LogP contribution in [-0.2, 0) is 14.8 Å². The highest BCUT2D eigenvalue weighted by Crippen LogP contribution is 2.21. The van der Waals surface area contributed by atoms with Gasteiger partial charge in [-0.1, -0.05) is 0 Å². The molecule has 0 saturated heterocycles. The summed E-state index contributed by atoms with van der Waals surface area (Å²) in [6.07, 6.45) is 0.511. The molecule has 1 aromatic rings. The first-order valence-corrected chi connectivity index (χ1v) is 7.50. The second kappa shape index (κ2) is 7.22. The van der Waals surface area contributed by atoms with E-state index < -0.39 is 27.3 Å². The molecule has 0 fully saturated rings. The van der Waals surface area contributed by atoms with E-state index in [2.05, 4.69) is 4.72 Å². The zero-order valence-corrected chi connectivity index (χ0v) is 11.8. The Balaban J connectivity index is 2.77. The maximum absolute atomic E-state index is 11.9. The normalized spacial score (nSPS) is 11.4. The smallest absolute Gasteiger partial charge is 0.339 e. The van der Waals surface area contributed by atoms with Crippen LogP contribution in [0.3, 0.4) is 0 Å². The lowest BCUT2D eigenvalue weighted by atomic mass is 10.2. The molecule has 0 aliphatic rings. The number of sulfonamides is 1. The van der Waals surface area contributed by atoms with Crippen molar-refractivity contribution in [2.45, 2.75) is 18.2 Å². The Bertz CT molecular complexity index is 569.